The Morgan fingerprint density at radius 2 is 2.00 bits per heavy atom. The van der Waals surface area contributed by atoms with Gasteiger partial charge in [0.15, 0.2) is 5.75 Å². The summed E-state index contributed by atoms with van der Waals surface area (Å²) >= 11 is 0. The quantitative estimate of drug-likeness (QED) is 0.942. The fourth-order valence-corrected chi connectivity index (χ4v) is 2.49. The molecule has 0 radical (unpaired) electrons. The van der Waals surface area contributed by atoms with Crippen LogP contribution >= 0.6 is 0 Å². The number of aliphatic hydroxyl groups is 1. The molecular formula is C17H17NO3. The average Bonchev–Trinajstić information content (AvgIpc) is 2.78. The molecule has 4 nitrogen and oxygen atoms in total. The molecule has 21 heavy (non-hydrogen) atoms. The van der Waals surface area contributed by atoms with Crippen molar-refractivity contribution in [3.8, 4) is 11.5 Å². The molecule has 0 aromatic heterocycles. The second-order valence-electron chi connectivity index (χ2n) is 5.25. The van der Waals surface area contributed by atoms with Crippen LogP contribution in [0, 0.1) is 6.92 Å². The maximum absolute atomic E-state index is 12.0. The largest absolute Gasteiger partial charge is 0.455 e. The minimum Gasteiger partial charge on any atom is -0.455 e. The van der Waals surface area contributed by atoms with Crippen LogP contribution in [0.5, 0.6) is 11.5 Å². The molecule has 1 saturated heterocycles. The molecule has 1 aliphatic heterocycles. The number of rotatable bonds is 3. The van der Waals surface area contributed by atoms with Crippen molar-refractivity contribution in [1.29, 1.82) is 0 Å². The van der Waals surface area contributed by atoms with Crippen LogP contribution < -0.4 is 9.64 Å². The lowest BCUT2D eigenvalue weighted by atomic mass is 10.2. The van der Waals surface area contributed by atoms with Gasteiger partial charge in [0.2, 0.25) is 5.91 Å². The van der Waals surface area contributed by atoms with E-state index in [9.17, 15) is 9.90 Å². The fourth-order valence-electron chi connectivity index (χ4n) is 2.49. The number of aryl methyl sites for hydroxylation is 1. The van der Waals surface area contributed by atoms with Crippen LogP contribution in [0.15, 0.2) is 48.5 Å². The van der Waals surface area contributed by atoms with Crippen molar-refractivity contribution >= 4 is 11.6 Å². The summed E-state index contributed by atoms with van der Waals surface area (Å²) in [5, 5.41) is 9.65. The van der Waals surface area contributed by atoms with Crippen molar-refractivity contribution in [3.05, 3.63) is 54.1 Å². The van der Waals surface area contributed by atoms with Crippen LogP contribution in [-0.4, -0.2) is 23.7 Å². The lowest BCUT2D eigenvalue weighted by Crippen LogP contribution is -2.25. The van der Waals surface area contributed by atoms with Crippen molar-refractivity contribution < 1.29 is 14.6 Å². The lowest BCUT2D eigenvalue weighted by molar-refractivity contribution is -0.117. The van der Waals surface area contributed by atoms with Gasteiger partial charge in [-0.3, -0.25) is 4.79 Å². The summed E-state index contributed by atoms with van der Waals surface area (Å²) < 4.78 is 5.91. The molecule has 0 aliphatic carbocycles. The number of aliphatic hydroxyl groups excluding tert-OH is 1. The van der Waals surface area contributed by atoms with E-state index in [0.29, 0.717) is 18.0 Å². The van der Waals surface area contributed by atoms with Gasteiger partial charge in [0.05, 0.1) is 24.8 Å². The van der Waals surface area contributed by atoms with E-state index in [1.165, 1.54) is 0 Å². The minimum absolute atomic E-state index is 0.0807. The van der Waals surface area contributed by atoms with Gasteiger partial charge in [0, 0.05) is 0 Å². The van der Waals surface area contributed by atoms with Crippen molar-refractivity contribution in [3.63, 3.8) is 0 Å². The topological polar surface area (TPSA) is 49.8 Å². The Bertz CT molecular complexity index is 669. The Hall–Kier alpha value is -2.33. The highest BCUT2D eigenvalue weighted by molar-refractivity contribution is 5.97. The first-order chi connectivity index (χ1) is 10.1. The first-order valence-corrected chi connectivity index (χ1v) is 6.95. The molecule has 1 N–H and O–H groups in total. The molecule has 1 unspecified atom stereocenters. The number of hydrogen-bond donors (Lipinski definition) is 1. The predicted molar refractivity (Wildman–Crippen MR) is 80.7 cm³/mol. The molecule has 0 saturated carbocycles. The fraction of sp³-hybridized carbons (Fsp3) is 0.235. The highest BCUT2D eigenvalue weighted by Gasteiger charge is 2.30. The Kier molecular flexibility index (Phi) is 3.62. The van der Waals surface area contributed by atoms with Crippen molar-refractivity contribution in [2.45, 2.75) is 19.4 Å². The summed E-state index contributed by atoms with van der Waals surface area (Å²) in [6, 6.07) is 15.1. The molecule has 2 aromatic carbocycles. The van der Waals surface area contributed by atoms with Crippen molar-refractivity contribution in [2.24, 2.45) is 0 Å². The van der Waals surface area contributed by atoms with E-state index in [2.05, 4.69) is 0 Å². The third kappa shape index (κ3) is 2.90. The number of carbonyl (C=O) groups excluding carboxylic acids is 1. The van der Waals surface area contributed by atoms with Gasteiger partial charge in [0.25, 0.3) is 0 Å². The first kappa shape index (κ1) is 13.6. The average molecular weight is 283 g/mol. The Morgan fingerprint density at radius 1 is 1.19 bits per heavy atom. The van der Waals surface area contributed by atoms with E-state index in [0.717, 1.165) is 11.3 Å². The van der Waals surface area contributed by atoms with Crippen LogP contribution in [0.2, 0.25) is 0 Å². The molecule has 4 heteroatoms. The van der Waals surface area contributed by atoms with Gasteiger partial charge in [-0.2, -0.15) is 0 Å². The molecule has 1 heterocycles. The van der Waals surface area contributed by atoms with E-state index < -0.39 is 6.10 Å². The monoisotopic (exact) mass is 283 g/mol. The maximum Gasteiger partial charge on any atom is 0.229 e. The number of para-hydroxylation sites is 2. The van der Waals surface area contributed by atoms with Gasteiger partial charge >= 0.3 is 0 Å². The molecule has 2 aromatic rings. The predicted octanol–water partition coefficient (Wildman–Crippen LogP) is 2.88. The Balaban J connectivity index is 1.91. The Morgan fingerprint density at radius 3 is 2.71 bits per heavy atom. The maximum atomic E-state index is 12.0. The first-order valence-electron chi connectivity index (χ1n) is 6.95. The summed E-state index contributed by atoms with van der Waals surface area (Å²) in [5.41, 5.74) is 1.80. The van der Waals surface area contributed by atoms with E-state index in [1.807, 2.05) is 55.5 Å². The zero-order chi connectivity index (χ0) is 14.8. The number of benzene rings is 2. The van der Waals surface area contributed by atoms with E-state index >= 15 is 0 Å². The second kappa shape index (κ2) is 5.58. The molecule has 1 aliphatic rings. The van der Waals surface area contributed by atoms with Gasteiger partial charge in [0.1, 0.15) is 5.75 Å². The molecular weight excluding hydrogens is 266 g/mol. The van der Waals surface area contributed by atoms with E-state index in [4.69, 9.17) is 4.74 Å². The number of ether oxygens (including phenoxy) is 1. The van der Waals surface area contributed by atoms with Crippen LogP contribution in [0.25, 0.3) is 0 Å². The third-order valence-electron chi connectivity index (χ3n) is 3.48. The highest BCUT2D eigenvalue weighted by Crippen LogP contribution is 2.34. The normalized spacial score (nSPS) is 18.1. The number of carbonyl (C=O) groups is 1. The smallest absolute Gasteiger partial charge is 0.229 e. The number of hydrogen-bond acceptors (Lipinski definition) is 3. The zero-order valence-corrected chi connectivity index (χ0v) is 11.8. The van der Waals surface area contributed by atoms with Gasteiger partial charge in [-0.05, 0) is 36.8 Å². The van der Waals surface area contributed by atoms with E-state index in [-0.39, 0.29) is 12.3 Å². The standard InChI is InChI=1S/C17H17NO3/c1-12-5-4-6-14(9-12)21-16-8-3-2-7-15(16)18-11-13(19)10-17(18)20/h2-9,13,19H,10-11H2,1H3. The number of nitrogens with zero attached hydrogens (tertiary/aromatic N) is 1. The van der Waals surface area contributed by atoms with Gasteiger partial charge in [-0.15, -0.1) is 0 Å². The van der Waals surface area contributed by atoms with Crippen LogP contribution in [0.1, 0.15) is 12.0 Å². The number of β-amino-alcohol motifs (C(OH)–C–C–N with tert-alkyl or cyclic N) is 1. The van der Waals surface area contributed by atoms with Gasteiger partial charge < -0.3 is 14.7 Å². The molecule has 3 rings (SSSR count). The minimum atomic E-state index is -0.607. The summed E-state index contributed by atoms with van der Waals surface area (Å²) in [4.78, 5) is 13.5. The van der Waals surface area contributed by atoms with Gasteiger partial charge in [-0.25, -0.2) is 0 Å². The third-order valence-corrected chi connectivity index (χ3v) is 3.48. The highest BCUT2D eigenvalue weighted by atomic mass is 16.5. The molecule has 1 amide bonds. The Labute approximate surface area is 123 Å². The summed E-state index contributed by atoms with van der Waals surface area (Å²) in [7, 11) is 0. The van der Waals surface area contributed by atoms with Crippen LogP contribution in [-0.2, 0) is 4.79 Å². The molecule has 108 valence electrons. The SMILES string of the molecule is Cc1cccc(Oc2ccccc2N2CC(O)CC2=O)c1. The van der Waals surface area contributed by atoms with Gasteiger partial charge in [-0.1, -0.05) is 24.3 Å². The molecule has 0 spiro atoms. The summed E-state index contributed by atoms with van der Waals surface area (Å²) in [5.74, 6) is 1.27. The number of anilines is 1. The summed E-state index contributed by atoms with van der Waals surface area (Å²) in [6.07, 6.45) is -0.441. The van der Waals surface area contributed by atoms with Crippen molar-refractivity contribution in [1.82, 2.24) is 0 Å². The number of amides is 1. The second-order valence-corrected chi connectivity index (χ2v) is 5.25. The lowest BCUT2D eigenvalue weighted by Gasteiger charge is -2.19. The van der Waals surface area contributed by atoms with Crippen molar-refractivity contribution in [2.75, 3.05) is 11.4 Å². The van der Waals surface area contributed by atoms with Crippen LogP contribution in [0.4, 0.5) is 5.69 Å². The molecule has 0 bridgehead atoms. The van der Waals surface area contributed by atoms with Crippen LogP contribution in [0.3, 0.4) is 0 Å². The van der Waals surface area contributed by atoms with E-state index in [1.54, 1.807) is 4.90 Å². The zero-order valence-electron chi connectivity index (χ0n) is 11.8. The summed E-state index contributed by atoms with van der Waals surface area (Å²) in [6.45, 7) is 2.31. The molecule has 1 fully saturated rings. The molecule has 1 atom stereocenters.